The van der Waals surface area contributed by atoms with Crippen molar-refractivity contribution in [1.29, 1.82) is 0 Å². The van der Waals surface area contributed by atoms with Crippen LogP contribution in [0.5, 0.6) is 0 Å². The Morgan fingerprint density at radius 1 is 1.36 bits per heavy atom. The van der Waals surface area contributed by atoms with E-state index in [2.05, 4.69) is 4.99 Å². The second-order valence-electron chi connectivity index (χ2n) is 2.37. The van der Waals surface area contributed by atoms with E-state index < -0.39 is 0 Å². The van der Waals surface area contributed by atoms with Gasteiger partial charge in [0.25, 0.3) is 6.02 Å². The Kier molecular flexibility index (Phi) is 1.28. The van der Waals surface area contributed by atoms with Gasteiger partial charge in [0.1, 0.15) is 6.61 Å². The van der Waals surface area contributed by atoms with Crippen LogP contribution in [-0.4, -0.2) is 6.02 Å². The van der Waals surface area contributed by atoms with Crippen LogP contribution >= 0.6 is 0 Å². The number of aliphatic imine (C=N–C) groups is 1. The topological polar surface area (TPSA) is 47.6 Å². The Morgan fingerprint density at radius 2 is 2.18 bits per heavy atom. The van der Waals surface area contributed by atoms with Crippen LogP contribution in [0.3, 0.4) is 0 Å². The average molecular weight is 148 g/mol. The summed E-state index contributed by atoms with van der Waals surface area (Å²) in [6.45, 7) is 0.533. The number of hydrogen-bond donors (Lipinski definition) is 1. The molecule has 1 aliphatic heterocycles. The van der Waals surface area contributed by atoms with E-state index in [1.165, 1.54) is 0 Å². The molecule has 1 aliphatic rings. The van der Waals surface area contributed by atoms with Gasteiger partial charge < -0.3 is 10.5 Å². The molecule has 0 saturated heterocycles. The van der Waals surface area contributed by atoms with Crippen LogP contribution in [0.15, 0.2) is 29.3 Å². The van der Waals surface area contributed by atoms with Crippen LogP contribution < -0.4 is 5.73 Å². The molecule has 0 spiro atoms. The molecule has 0 fully saturated rings. The number of nitrogens with zero attached hydrogens (tertiary/aromatic N) is 1. The molecule has 0 saturated carbocycles. The zero-order valence-electron chi connectivity index (χ0n) is 5.95. The van der Waals surface area contributed by atoms with Gasteiger partial charge in [-0.25, -0.2) is 0 Å². The van der Waals surface area contributed by atoms with Gasteiger partial charge in [-0.3, -0.25) is 0 Å². The summed E-state index contributed by atoms with van der Waals surface area (Å²) in [5, 5.41) is 0. The van der Waals surface area contributed by atoms with Gasteiger partial charge in [0.2, 0.25) is 0 Å². The van der Waals surface area contributed by atoms with Gasteiger partial charge >= 0.3 is 0 Å². The van der Waals surface area contributed by atoms with Crippen LogP contribution in [0.1, 0.15) is 5.56 Å². The number of fused-ring (bicyclic) bond motifs is 1. The summed E-state index contributed by atoms with van der Waals surface area (Å²) in [7, 11) is 0. The standard InChI is InChI=1S/C8H8N2O/c9-8-10-7-4-2-1-3-6(7)5-11-8/h1-4H,5H2,(H2,9,10). The lowest BCUT2D eigenvalue weighted by molar-refractivity contribution is 0.282. The zero-order chi connectivity index (χ0) is 7.68. The molecule has 0 amide bonds. The highest BCUT2D eigenvalue weighted by Crippen LogP contribution is 2.22. The lowest BCUT2D eigenvalue weighted by Crippen LogP contribution is -2.18. The van der Waals surface area contributed by atoms with Crippen molar-refractivity contribution in [2.45, 2.75) is 6.61 Å². The second kappa shape index (κ2) is 2.27. The molecular formula is C8H8N2O. The van der Waals surface area contributed by atoms with Crippen LogP contribution in [0.25, 0.3) is 0 Å². The minimum absolute atomic E-state index is 0.253. The molecule has 1 aromatic carbocycles. The molecule has 2 N–H and O–H groups in total. The van der Waals surface area contributed by atoms with Gasteiger partial charge in [0.15, 0.2) is 0 Å². The largest absolute Gasteiger partial charge is 0.460 e. The molecule has 11 heavy (non-hydrogen) atoms. The van der Waals surface area contributed by atoms with Crippen LogP contribution in [0.2, 0.25) is 0 Å². The highest BCUT2D eigenvalue weighted by atomic mass is 16.5. The SMILES string of the molecule is NC1=Nc2ccccc2CO1. The molecule has 3 nitrogen and oxygen atoms in total. The Bertz CT molecular complexity index is 307. The highest BCUT2D eigenvalue weighted by molar-refractivity contribution is 5.77. The van der Waals surface area contributed by atoms with Crippen molar-refractivity contribution in [3.63, 3.8) is 0 Å². The summed E-state index contributed by atoms with van der Waals surface area (Å²) in [5.41, 5.74) is 7.38. The van der Waals surface area contributed by atoms with E-state index in [4.69, 9.17) is 10.5 Å². The molecule has 2 rings (SSSR count). The molecule has 0 bridgehead atoms. The van der Waals surface area contributed by atoms with Crippen molar-refractivity contribution >= 4 is 11.7 Å². The first-order valence-corrected chi connectivity index (χ1v) is 3.41. The Hall–Kier alpha value is -1.51. The molecular weight excluding hydrogens is 140 g/mol. The lowest BCUT2D eigenvalue weighted by Gasteiger charge is -2.12. The summed E-state index contributed by atoms with van der Waals surface area (Å²) in [6, 6.07) is 8.04. The van der Waals surface area contributed by atoms with Crippen molar-refractivity contribution in [3.05, 3.63) is 29.8 Å². The van der Waals surface area contributed by atoms with E-state index in [0.29, 0.717) is 6.61 Å². The molecule has 56 valence electrons. The summed E-state index contributed by atoms with van der Waals surface area (Å²) in [4.78, 5) is 4.02. The first kappa shape index (κ1) is 6.22. The maximum Gasteiger partial charge on any atom is 0.287 e. The maximum absolute atomic E-state index is 5.38. The predicted molar refractivity (Wildman–Crippen MR) is 42.5 cm³/mol. The van der Waals surface area contributed by atoms with Crippen LogP contribution in [0, 0.1) is 0 Å². The van der Waals surface area contributed by atoms with E-state index in [9.17, 15) is 0 Å². The van der Waals surface area contributed by atoms with Crippen molar-refractivity contribution < 1.29 is 4.74 Å². The maximum atomic E-state index is 5.38. The van der Waals surface area contributed by atoms with Gasteiger partial charge in [0, 0.05) is 5.56 Å². The van der Waals surface area contributed by atoms with Gasteiger partial charge in [-0.05, 0) is 6.07 Å². The fraction of sp³-hybridized carbons (Fsp3) is 0.125. The van der Waals surface area contributed by atoms with Gasteiger partial charge in [-0.15, -0.1) is 0 Å². The molecule has 0 radical (unpaired) electrons. The molecule has 1 heterocycles. The quantitative estimate of drug-likeness (QED) is 0.600. The van der Waals surface area contributed by atoms with Gasteiger partial charge in [-0.2, -0.15) is 4.99 Å². The third-order valence-electron chi connectivity index (χ3n) is 1.60. The number of rotatable bonds is 0. The van der Waals surface area contributed by atoms with E-state index in [-0.39, 0.29) is 6.02 Å². The number of hydrogen-bond acceptors (Lipinski definition) is 3. The van der Waals surface area contributed by atoms with Crippen molar-refractivity contribution in [1.82, 2.24) is 0 Å². The first-order valence-electron chi connectivity index (χ1n) is 3.41. The van der Waals surface area contributed by atoms with Crippen LogP contribution in [0.4, 0.5) is 5.69 Å². The van der Waals surface area contributed by atoms with Crippen molar-refractivity contribution in [2.75, 3.05) is 0 Å². The minimum atomic E-state index is 0.253. The van der Waals surface area contributed by atoms with Crippen molar-refractivity contribution in [3.8, 4) is 0 Å². The summed E-state index contributed by atoms with van der Waals surface area (Å²) in [6.07, 6.45) is 0. The normalized spacial score (nSPS) is 14.7. The molecule has 0 atom stereocenters. The number of benzene rings is 1. The fourth-order valence-corrected chi connectivity index (χ4v) is 1.04. The number of nitrogens with two attached hydrogens (primary N) is 1. The third kappa shape index (κ3) is 1.05. The third-order valence-corrected chi connectivity index (χ3v) is 1.60. The average Bonchev–Trinajstić information content (AvgIpc) is 2.04. The Morgan fingerprint density at radius 3 is 3.09 bits per heavy atom. The molecule has 3 heteroatoms. The molecule has 0 unspecified atom stereocenters. The van der Waals surface area contributed by atoms with E-state index in [1.54, 1.807) is 0 Å². The second-order valence-corrected chi connectivity index (χ2v) is 2.37. The fourth-order valence-electron chi connectivity index (χ4n) is 1.04. The highest BCUT2D eigenvalue weighted by Gasteiger charge is 2.07. The first-order chi connectivity index (χ1) is 5.36. The molecule has 0 aromatic heterocycles. The minimum Gasteiger partial charge on any atom is -0.460 e. The van der Waals surface area contributed by atoms with E-state index in [1.807, 2.05) is 24.3 Å². The van der Waals surface area contributed by atoms with Crippen LogP contribution in [-0.2, 0) is 11.3 Å². The zero-order valence-corrected chi connectivity index (χ0v) is 5.95. The van der Waals surface area contributed by atoms with Gasteiger partial charge in [-0.1, -0.05) is 18.2 Å². The monoisotopic (exact) mass is 148 g/mol. The Labute approximate surface area is 64.5 Å². The van der Waals surface area contributed by atoms with E-state index >= 15 is 0 Å². The summed E-state index contributed by atoms with van der Waals surface area (Å²) in [5.74, 6) is 0. The number of amidine groups is 1. The Balaban J connectivity index is 2.51. The molecule has 1 aromatic rings. The summed E-state index contributed by atoms with van der Waals surface area (Å²) < 4.78 is 5.03. The molecule has 0 aliphatic carbocycles. The van der Waals surface area contributed by atoms with E-state index in [0.717, 1.165) is 11.3 Å². The lowest BCUT2D eigenvalue weighted by atomic mass is 10.2. The predicted octanol–water partition coefficient (Wildman–Crippen LogP) is 1.16. The number of para-hydroxylation sites is 1. The summed E-state index contributed by atoms with van der Waals surface area (Å²) >= 11 is 0. The van der Waals surface area contributed by atoms with Gasteiger partial charge in [0.05, 0.1) is 5.69 Å². The van der Waals surface area contributed by atoms with Crippen molar-refractivity contribution in [2.24, 2.45) is 10.7 Å². The number of ether oxygens (including phenoxy) is 1. The smallest absolute Gasteiger partial charge is 0.287 e.